The predicted molar refractivity (Wildman–Crippen MR) is 64.7 cm³/mol. The average molecular weight is 231 g/mol. The Hall–Kier alpha value is -1.42. The molecule has 1 aromatic rings. The third-order valence-electron chi connectivity index (χ3n) is 3.94. The summed E-state index contributed by atoms with van der Waals surface area (Å²) in [6.45, 7) is 3.90. The van der Waals surface area contributed by atoms with Gasteiger partial charge in [-0.15, -0.1) is 0 Å². The average Bonchev–Trinajstić information content (AvgIpc) is 3.01. The van der Waals surface area contributed by atoms with Crippen molar-refractivity contribution in [2.24, 2.45) is 5.41 Å². The molecule has 0 aliphatic carbocycles. The summed E-state index contributed by atoms with van der Waals surface area (Å²) in [4.78, 5) is 18.3. The van der Waals surface area contributed by atoms with Crippen LogP contribution in [0.3, 0.4) is 0 Å². The van der Waals surface area contributed by atoms with Crippen LogP contribution in [0.1, 0.15) is 23.3 Å². The standard InChI is InChI=1S/C13H17N3O/c17-12(11-3-1-2-6-15-11)16-8-5-13(10-16)4-7-14-9-13/h1-3,6,14H,4-5,7-10H2. The van der Waals surface area contributed by atoms with Gasteiger partial charge in [-0.3, -0.25) is 9.78 Å². The molecule has 2 aliphatic rings. The topological polar surface area (TPSA) is 45.2 Å². The number of nitrogens with zero attached hydrogens (tertiary/aromatic N) is 2. The van der Waals surface area contributed by atoms with Crippen molar-refractivity contribution >= 4 is 5.91 Å². The van der Waals surface area contributed by atoms with Gasteiger partial charge in [0.25, 0.3) is 5.91 Å². The second-order valence-corrected chi connectivity index (χ2v) is 5.12. The van der Waals surface area contributed by atoms with Gasteiger partial charge >= 0.3 is 0 Å². The van der Waals surface area contributed by atoms with E-state index in [2.05, 4.69) is 10.3 Å². The highest BCUT2D eigenvalue weighted by Gasteiger charge is 2.42. The molecule has 3 heterocycles. The summed E-state index contributed by atoms with van der Waals surface area (Å²) in [6, 6.07) is 5.49. The van der Waals surface area contributed by atoms with E-state index in [0.29, 0.717) is 11.1 Å². The van der Waals surface area contributed by atoms with Gasteiger partial charge in [0.05, 0.1) is 0 Å². The van der Waals surface area contributed by atoms with Gasteiger partial charge in [-0.2, -0.15) is 0 Å². The van der Waals surface area contributed by atoms with Gasteiger partial charge in [0, 0.05) is 31.2 Å². The molecule has 4 heteroatoms. The molecule has 17 heavy (non-hydrogen) atoms. The van der Waals surface area contributed by atoms with E-state index >= 15 is 0 Å². The minimum Gasteiger partial charge on any atom is -0.337 e. The first-order valence-corrected chi connectivity index (χ1v) is 6.20. The van der Waals surface area contributed by atoms with Crippen LogP contribution >= 0.6 is 0 Å². The van der Waals surface area contributed by atoms with Crippen molar-refractivity contribution in [3.63, 3.8) is 0 Å². The van der Waals surface area contributed by atoms with Crippen molar-refractivity contribution in [1.82, 2.24) is 15.2 Å². The van der Waals surface area contributed by atoms with Crippen LogP contribution in [0.15, 0.2) is 24.4 Å². The third-order valence-corrected chi connectivity index (χ3v) is 3.94. The summed E-state index contributed by atoms with van der Waals surface area (Å²) in [5.74, 6) is 0.0781. The zero-order valence-electron chi connectivity index (χ0n) is 9.85. The van der Waals surface area contributed by atoms with Gasteiger partial charge in [0.2, 0.25) is 0 Å². The SMILES string of the molecule is O=C(c1ccccn1)N1CCC2(CCNC2)C1. The van der Waals surface area contributed by atoms with Gasteiger partial charge in [0.15, 0.2) is 0 Å². The molecular formula is C13H17N3O. The van der Waals surface area contributed by atoms with E-state index in [0.717, 1.165) is 32.6 Å². The van der Waals surface area contributed by atoms with E-state index in [9.17, 15) is 4.79 Å². The molecule has 0 bridgehead atoms. The zero-order valence-corrected chi connectivity index (χ0v) is 9.85. The Balaban J connectivity index is 1.73. The maximum Gasteiger partial charge on any atom is 0.272 e. The Morgan fingerprint density at radius 3 is 3.06 bits per heavy atom. The maximum absolute atomic E-state index is 12.2. The summed E-state index contributed by atoms with van der Waals surface area (Å²) in [6.07, 6.45) is 3.99. The van der Waals surface area contributed by atoms with Crippen LogP contribution in [-0.4, -0.2) is 42.0 Å². The minimum absolute atomic E-state index is 0.0781. The fourth-order valence-electron chi connectivity index (χ4n) is 2.90. The maximum atomic E-state index is 12.2. The van der Waals surface area contributed by atoms with E-state index in [4.69, 9.17) is 0 Å². The molecule has 1 amide bonds. The van der Waals surface area contributed by atoms with Crippen molar-refractivity contribution in [2.45, 2.75) is 12.8 Å². The molecule has 1 aromatic heterocycles. The second-order valence-electron chi connectivity index (χ2n) is 5.12. The molecule has 0 saturated carbocycles. The smallest absolute Gasteiger partial charge is 0.272 e. The van der Waals surface area contributed by atoms with Crippen molar-refractivity contribution in [2.75, 3.05) is 26.2 Å². The zero-order chi connectivity index (χ0) is 11.7. The molecule has 1 unspecified atom stereocenters. The number of likely N-dealkylation sites (tertiary alicyclic amines) is 1. The van der Waals surface area contributed by atoms with E-state index < -0.39 is 0 Å². The van der Waals surface area contributed by atoms with Crippen LogP contribution in [0.5, 0.6) is 0 Å². The Morgan fingerprint density at radius 1 is 1.41 bits per heavy atom. The molecular weight excluding hydrogens is 214 g/mol. The normalized spacial score (nSPS) is 27.9. The lowest BCUT2D eigenvalue weighted by atomic mass is 9.87. The number of hydrogen-bond donors (Lipinski definition) is 1. The summed E-state index contributed by atoms with van der Waals surface area (Å²) < 4.78 is 0. The summed E-state index contributed by atoms with van der Waals surface area (Å²) in [7, 11) is 0. The first-order valence-electron chi connectivity index (χ1n) is 6.20. The molecule has 2 aliphatic heterocycles. The van der Waals surface area contributed by atoms with Crippen LogP contribution < -0.4 is 5.32 Å². The van der Waals surface area contributed by atoms with Gasteiger partial charge in [-0.25, -0.2) is 0 Å². The molecule has 90 valence electrons. The Labute approximate surface area is 101 Å². The number of nitrogens with one attached hydrogen (secondary N) is 1. The molecule has 1 N–H and O–H groups in total. The van der Waals surface area contributed by atoms with Gasteiger partial charge in [0.1, 0.15) is 5.69 Å². The molecule has 4 nitrogen and oxygen atoms in total. The lowest BCUT2D eigenvalue weighted by Crippen LogP contribution is -2.33. The van der Waals surface area contributed by atoms with E-state index in [1.807, 2.05) is 17.0 Å². The van der Waals surface area contributed by atoms with Gasteiger partial charge < -0.3 is 10.2 Å². The lowest BCUT2D eigenvalue weighted by Gasteiger charge is -2.22. The van der Waals surface area contributed by atoms with E-state index in [-0.39, 0.29) is 5.91 Å². The van der Waals surface area contributed by atoms with E-state index in [1.165, 1.54) is 6.42 Å². The Kier molecular flexibility index (Phi) is 2.59. The fraction of sp³-hybridized carbons (Fsp3) is 0.538. The molecule has 2 saturated heterocycles. The number of aromatic nitrogens is 1. The summed E-state index contributed by atoms with van der Waals surface area (Å²) in [5, 5.41) is 3.40. The van der Waals surface area contributed by atoms with Crippen molar-refractivity contribution in [3.05, 3.63) is 30.1 Å². The number of hydrogen-bond acceptors (Lipinski definition) is 3. The number of carbonyl (C=O) groups excluding carboxylic acids is 1. The largest absolute Gasteiger partial charge is 0.337 e. The monoisotopic (exact) mass is 231 g/mol. The first kappa shape index (κ1) is 10.7. The van der Waals surface area contributed by atoms with Crippen molar-refractivity contribution in [1.29, 1.82) is 0 Å². The minimum atomic E-state index is 0.0781. The van der Waals surface area contributed by atoms with Crippen LogP contribution in [-0.2, 0) is 0 Å². The molecule has 0 radical (unpaired) electrons. The summed E-state index contributed by atoms with van der Waals surface area (Å²) in [5.41, 5.74) is 0.903. The first-order chi connectivity index (χ1) is 8.29. The van der Waals surface area contributed by atoms with Gasteiger partial charge in [-0.1, -0.05) is 6.07 Å². The van der Waals surface area contributed by atoms with Crippen LogP contribution in [0.4, 0.5) is 0 Å². The number of pyridine rings is 1. The molecule has 1 spiro atoms. The van der Waals surface area contributed by atoms with Gasteiger partial charge in [-0.05, 0) is 31.5 Å². The van der Waals surface area contributed by atoms with Crippen molar-refractivity contribution < 1.29 is 4.79 Å². The number of rotatable bonds is 1. The molecule has 0 aromatic carbocycles. The molecule has 1 atom stereocenters. The van der Waals surface area contributed by atoms with Crippen LogP contribution in [0, 0.1) is 5.41 Å². The number of carbonyl (C=O) groups is 1. The van der Waals surface area contributed by atoms with E-state index in [1.54, 1.807) is 12.3 Å². The second kappa shape index (κ2) is 4.11. The predicted octanol–water partition coefficient (Wildman–Crippen LogP) is 0.907. The van der Waals surface area contributed by atoms with Crippen molar-refractivity contribution in [3.8, 4) is 0 Å². The highest BCUT2D eigenvalue weighted by molar-refractivity contribution is 5.92. The highest BCUT2D eigenvalue weighted by Crippen LogP contribution is 2.36. The van der Waals surface area contributed by atoms with Crippen LogP contribution in [0.2, 0.25) is 0 Å². The molecule has 3 rings (SSSR count). The third kappa shape index (κ3) is 1.93. The molecule has 2 fully saturated rings. The fourth-order valence-corrected chi connectivity index (χ4v) is 2.90. The quantitative estimate of drug-likeness (QED) is 0.781. The lowest BCUT2D eigenvalue weighted by molar-refractivity contribution is 0.0770. The highest BCUT2D eigenvalue weighted by atomic mass is 16.2. The van der Waals surface area contributed by atoms with Crippen LogP contribution in [0.25, 0.3) is 0 Å². The Bertz CT molecular complexity index is 412. The summed E-state index contributed by atoms with van der Waals surface area (Å²) >= 11 is 0. The Morgan fingerprint density at radius 2 is 2.35 bits per heavy atom. The number of amides is 1.